The lowest BCUT2D eigenvalue weighted by atomic mass is 10.2. The van der Waals surface area contributed by atoms with Gasteiger partial charge in [-0.25, -0.2) is 13.2 Å². The van der Waals surface area contributed by atoms with Crippen molar-refractivity contribution >= 4 is 27.7 Å². The SMILES string of the molecule is CCC.CCCC.COC(=O)NCCCN(C)/C=C\N(C)C.O=S(=O)(c1ccc(Cl)cc1)N1CCCCC1. The van der Waals surface area contributed by atoms with Crippen molar-refractivity contribution in [3.8, 4) is 0 Å². The van der Waals surface area contributed by atoms with Crippen LogP contribution in [0.3, 0.4) is 0 Å². The average molecular weight is 577 g/mol. The highest BCUT2D eigenvalue weighted by atomic mass is 35.5. The molecule has 0 saturated carbocycles. The number of carbonyl (C=O) groups excluding carboxylic acids is 1. The van der Waals surface area contributed by atoms with Crippen molar-refractivity contribution in [2.75, 3.05) is 54.4 Å². The van der Waals surface area contributed by atoms with E-state index in [9.17, 15) is 13.2 Å². The van der Waals surface area contributed by atoms with Crippen LogP contribution < -0.4 is 5.32 Å². The summed E-state index contributed by atoms with van der Waals surface area (Å²) in [5, 5.41) is 3.18. The smallest absolute Gasteiger partial charge is 0.406 e. The number of hydrogen-bond donors (Lipinski definition) is 1. The molecule has 1 saturated heterocycles. The first-order valence-corrected chi connectivity index (χ1v) is 15.4. The molecule has 222 valence electrons. The van der Waals surface area contributed by atoms with Crippen LogP contribution >= 0.6 is 11.6 Å². The van der Waals surface area contributed by atoms with Gasteiger partial charge in [0.25, 0.3) is 0 Å². The maximum atomic E-state index is 12.2. The van der Waals surface area contributed by atoms with Gasteiger partial charge in [0.1, 0.15) is 0 Å². The Morgan fingerprint density at radius 2 is 1.53 bits per heavy atom. The number of benzene rings is 1. The summed E-state index contributed by atoms with van der Waals surface area (Å²) in [5.41, 5.74) is 0. The molecule has 10 heteroatoms. The Bertz CT molecular complexity index is 826. The van der Waals surface area contributed by atoms with Crippen LogP contribution in [0.15, 0.2) is 41.6 Å². The van der Waals surface area contributed by atoms with Crippen LogP contribution in [0, 0.1) is 0 Å². The van der Waals surface area contributed by atoms with Gasteiger partial charge in [-0.2, -0.15) is 4.31 Å². The predicted molar refractivity (Wildman–Crippen MR) is 161 cm³/mol. The van der Waals surface area contributed by atoms with E-state index in [0.29, 0.717) is 29.6 Å². The number of alkyl carbamates (subject to hydrolysis) is 1. The normalized spacial score (nSPS) is 13.1. The summed E-state index contributed by atoms with van der Waals surface area (Å²) >= 11 is 5.74. The Morgan fingerprint density at radius 3 is 1.97 bits per heavy atom. The van der Waals surface area contributed by atoms with Gasteiger partial charge in [-0.3, -0.25) is 0 Å². The maximum Gasteiger partial charge on any atom is 0.406 e. The molecule has 1 N–H and O–H groups in total. The number of amides is 1. The standard InChI is InChI=1S/C11H14ClNO2S.C10H21N3O2.C4H10.C3H8/c12-10-4-6-11(7-5-10)16(14,15)13-8-2-1-3-9-13;1-12(2)8-9-13(3)7-5-6-11-10(14)15-4;1-3-4-2;1-3-2/h4-7H,1-3,8-9H2;8-9H,5-7H2,1-4H3,(H,11,14);3-4H2,1-2H3;3H2,1-2H3/b;9-8-;;. The molecule has 0 aromatic heterocycles. The van der Waals surface area contributed by atoms with E-state index in [4.69, 9.17) is 11.6 Å². The van der Waals surface area contributed by atoms with E-state index in [0.717, 1.165) is 32.2 Å². The van der Waals surface area contributed by atoms with E-state index < -0.39 is 10.0 Å². The highest BCUT2D eigenvalue weighted by molar-refractivity contribution is 7.89. The zero-order chi connectivity index (χ0) is 29.4. The van der Waals surface area contributed by atoms with Gasteiger partial charge in [0.2, 0.25) is 10.0 Å². The second kappa shape index (κ2) is 24.1. The van der Waals surface area contributed by atoms with E-state index in [1.54, 1.807) is 28.6 Å². The van der Waals surface area contributed by atoms with Crippen molar-refractivity contribution in [3.05, 3.63) is 41.7 Å². The van der Waals surface area contributed by atoms with Gasteiger partial charge < -0.3 is 19.9 Å². The van der Waals surface area contributed by atoms with E-state index in [2.05, 4.69) is 42.6 Å². The summed E-state index contributed by atoms with van der Waals surface area (Å²) in [6, 6.07) is 6.34. The molecule has 2 rings (SSSR count). The molecule has 38 heavy (non-hydrogen) atoms. The van der Waals surface area contributed by atoms with Crippen molar-refractivity contribution < 1.29 is 17.9 Å². The van der Waals surface area contributed by atoms with Crippen LogP contribution in [-0.2, 0) is 14.8 Å². The van der Waals surface area contributed by atoms with Crippen LogP contribution in [0.25, 0.3) is 0 Å². The summed E-state index contributed by atoms with van der Waals surface area (Å²) in [6.07, 6.45) is 11.4. The van der Waals surface area contributed by atoms with Crippen molar-refractivity contribution in [1.29, 1.82) is 0 Å². The summed E-state index contributed by atoms with van der Waals surface area (Å²) < 4.78 is 30.4. The number of rotatable bonds is 9. The Hall–Kier alpha value is -1.97. The molecular formula is C28H53ClN4O4S. The molecule has 1 aromatic carbocycles. The van der Waals surface area contributed by atoms with Crippen LogP contribution in [0.2, 0.25) is 5.02 Å². The van der Waals surface area contributed by atoms with E-state index in [-0.39, 0.29) is 6.09 Å². The lowest BCUT2D eigenvalue weighted by Gasteiger charge is -2.25. The first-order valence-electron chi connectivity index (χ1n) is 13.6. The number of hydrogen-bond acceptors (Lipinski definition) is 6. The van der Waals surface area contributed by atoms with Crippen molar-refractivity contribution in [2.24, 2.45) is 0 Å². The molecule has 1 aliphatic rings. The third-order valence-corrected chi connectivity index (χ3v) is 7.19. The van der Waals surface area contributed by atoms with Crippen LogP contribution in [-0.4, -0.2) is 83.0 Å². The molecule has 1 aliphatic heterocycles. The minimum absolute atomic E-state index is 0.332. The monoisotopic (exact) mass is 576 g/mol. The quantitative estimate of drug-likeness (QED) is 0.341. The summed E-state index contributed by atoms with van der Waals surface area (Å²) in [6.45, 7) is 11.4. The number of sulfonamides is 1. The zero-order valence-corrected chi connectivity index (χ0v) is 26.6. The van der Waals surface area contributed by atoms with Gasteiger partial charge in [0, 0.05) is 64.7 Å². The molecule has 0 atom stereocenters. The third-order valence-electron chi connectivity index (χ3n) is 5.03. The topological polar surface area (TPSA) is 82.2 Å². The highest BCUT2D eigenvalue weighted by Crippen LogP contribution is 2.21. The fourth-order valence-electron chi connectivity index (χ4n) is 2.77. The van der Waals surface area contributed by atoms with Gasteiger partial charge in [-0.15, -0.1) is 0 Å². The predicted octanol–water partition coefficient (Wildman–Crippen LogP) is 6.43. The molecule has 0 unspecified atom stereocenters. The largest absolute Gasteiger partial charge is 0.453 e. The van der Waals surface area contributed by atoms with Gasteiger partial charge in [-0.05, 0) is 43.5 Å². The lowest BCUT2D eigenvalue weighted by molar-refractivity contribution is 0.170. The number of halogens is 1. The third kappa shape index (κ3) is 20.1. The van der Waals surface area contributed by atoms with Gasteiger partial charge in [0.15, 0.2) is 0 Å². The highest BCUT2D eigenvalue weighted by Gasteiger charge is 2.25. The van der Waals surface area contributed by atoms with Gasteiger partial charge in [-0.1, -0.05) is 65.0 Å². The lowest BCUT2D eigenvalue weighted by Crippen LogP contribution is -2.35. The van der Waals surface area contributed by atoms with E-state index in [1.807, 2.05) is 38.4 Å². The maximum absolute atomic E-state index is 12.2. The number of nitrogens with zero attached hydrogens (tertiary/aromatic N) is 3. The number of carbonyl (C=O) groups is 1. The fourth-order valence-corrected chi connectivity index (χ4v) is 4.42. The second-order valence-electron chi connectivity index (χ2n) is 9.14. The Morgan fingerprint density at radius 1 is 1.00 bits per heavy atom. The molecule has 1 aromatic rings. The summed E-state index contributed by atoms with van der Waals surface area (Å²) in [4.78, 5) is 15.1. The number of methoxy groups -OCH3 is 1. The van der Waals surface area contributed by atoms with Crippen molar-refractivity contribution in [2.45, 2.75) is 77.5 Å². The van der Waals surface area contributed by atoms with Crippen molar-refractivity contribution in [1.82, 2.24) is 19.4 Å². The molecule has 8 nitrogen and oxygen atoms in total. The van der Waals surface area contributed by atoms with Crippen LogP contribution in [0.1, 0.15) is 72.6 Å². The number of ether oxygens (including phenoxy) is 1. The number of nitrogens with one attached hydrogen (secondary N) is 1. The first-order chi connectivity index (χ1) is 18.0. The fraction of sp³-hybridized carbons (Fsp3) is 0.679. The van der Waals surface area contributed by atoms with Crippen LogP contribution in [0.5, 0.6) is 0 Å². The number of unbranched alkanes of at least 4 members (excludes halogenated alkanes) is 1. The summed E-state index contributed by atoms with van der Waals surface area (Å²) in [5.74, 6) is 0. The van der Waals surface area contributed by atoms with Gasteiger partial charge in [0.05, 0.1) is 12.0 Å². The van der Waals surface area contributed by atoms with Crippen molar-refractivity contribution in [3.63, 3.8) is 0 Å². The molecule has 0 spiro atoms. The number of piperidine rings is 1. The zero-order valence-electron chi connectivity index (χ0n) is 25.0. The Labute approximate surface area is 238 Å². The molecule has 0 radical (unpaired) electrons. The Balaban J connectivity index is 0. The first kappa shape index (κ1) is 38.2. The summed E-state index contributed by atoms with van der Waals surface area (Å²) in [7, 11) is 4.01. The average Bonchev–Trinajstić information content (AvgIpc) is 2.91. The molecule has 0 aliphatic carbocycles. The molecular weight excluding hydrogens is 524 g/mol. The molecule has 1 amide bonds. The minimum atomic E-state index is -3.30. The van der Waals surface area contributed by atoms with E-state index >= 15 is 0 Å². The molecule has 0 bridgehead atoms. The minimum Gasteiger partial charge on any atom is -0.453 e. The van der Waals surface area contributed by atoms with E-state index in [1.165, 1.54) is 26.4 Å². The van der Waals surface area contributed by atoms with Crippen LogP contribution in [0.4, 0.5) is 4.79 Å². The Kier molecular flexibility index (Phi) is 24.2. The molecule has 1 heterocycles. The second-order valence-corrected chi connectivity index (χ2v) is 11.5. The van der Waals surface area contributed by atoms with Gasteiger partial charge >= 0.3 is 6.09 Å². The molecule has 1 fully saturated rings.